The second-order valence-corrected chi connectivity index (χ2v) is 6.17. The summed E-state index contributed by atoms with van der Waals surface area (Å²) in [5.74, 6) is 0.440. The van der Waals surface area contributed by atoms with Crippen molar-refractivity contribution < 1.29 is 9.90 Å². The molecule has 1 unspecified atom stereocenters. The van der Waals surface area contributed by atoms with Gasteiger partial charge in [-0.25, -0.2) is 9.78 Å². The number of benzene rings is 1. The van der Waals surface area contributed by atoms with E-state index in [-0.39, 0.29) is 17.3 Å². The molecule has 134 valence electrons. The minimum Gasteiger partial charge on any atom is -0.465 e. The van der Waals surface area contributed by atoms with Gasteiger partial charge in [0.15, 0.2) is 0 Å². The monoisotopic (exact) mass is 373 g/mol. The highest BCUT2D eigenvalue weighted by molar-refractivity contribution is 6.31. The Kier molecular flexibility index (Phi) is 4.77. The van der Waals surface area contributed by atoms with Gasteiger partial charge in [0, 0.05) is 34.7 Å². The van der Waals surface area contributed by atoms with Gasteiger partial charge in [-0.3, -0.25) is 9.69 Å². The van der Waals surface area contributed by atoms with Crippen molar-refractivity contribution in [3.05, 3.63) is 57.5 Å². The number of amides is 1. The lowest BCUT2D eigenvalue weighted by atomic mass is 10.1. The molecule has 1 amide bonds. The number of anilines is 2. The molecule has 8 nitrogen and oxygen atoms in total. The van der Waals surface area contributed by atoms with Crippen LogP contribution in [0, 0.1) is 0 Å². The van der Waals surface area contributed by atoms with E-state index in [0.29, 0.717) is 16.1 Å². The molecular formula is C17H16ClN5O3. The smallest absolute Gasteiger partial charge is 0.412 e. The number of carboxylic acid groups (broad SMARTS) is 1. The Morgan fingerprint density at radius 3 is 2.85 bits per heavy atom. The number of hydrogen-bond acceptors (Lipinski definition) is 5. The number of fused-ring (bicyclic) bond motifs is 1. The maximum Gasteiger partial charge on any atom is 0.412 e. The molecule has 3 rings (SSSR count). The topological polar surface area (TPSA) is 111 Å². The number of nitrogens with zero attached hydrogens (tertiary/aromatic N) is 3. The van der Waals surface area contributed by atoms with Crippen LogP contribution >= 0.6 is 11.6 Å². The normalized spacial score (nSPS) is 12.0. The highest BCUT2D eigenvalue weighted by Gasteiger charge is 2.15. The van der Waals surface area contributed by atoms with Crippen LogP contribution in [0.5, 0.6) is 0 Å². The zero-order valence-electron chi connectivity index (χ0n) is 14.0. The van der Waals surface area contributed by atoms with Crippen LogP contribution in [0.4, 0.5) is 16.6 Å². The molecule has 0 fully saturated rings. The van der Waals surface area contributed by atoms with Crippen molar-refractivity contribution in [2.45, 2.75) is 13.0 Å². The fourth-order valence-corrected chi connectivity index (χ4v) is 2.67. The summed E-state index contributed by atoms with van der Waals surface area (Å²) >= 11 is 6.01. The second-order valence-electron chi connectivity index (χ2n) is 5.73. The Morgan fingerprint density at radius 1 is 1.35 bits per heavy atom. The molecule has 26 heavy (non-hydrogen) atoms. The van der Waals surface area contributed by atoms with E-state index in [1.54, 1.807) is 31.2 Å². The average molecular weight is 374 g/mol. The molecule has 1 aromatic carbocycles. The molecule has 0 saturated heterocycles. The molecule has 0 saturated carbocycles. The largest absolute Gasteiger partial charge is 0.465 e. The minimum absolute atomic E-state index is 0.216. The Labute approximate surface area is 153 Å². The van der Waals surface area contributed by atoms with Gasteiger partial charge in [0.1, 0.15) is 5.82 Å². The van der Waals surface area contributed by atoms with Crippen molar-refractivity contribution in [3.8, 4) is 0 Å². The highest BCUT2D eigenvalue weighted by atomic mass is 35.5. The molecule has 0 radical (unpaired) electrons. The maximum atomic E-state index is 12.4. The van der Waals surface area contributed by atoms with Crippen molar-refractivity contribution in [3.63, 3.8) is 0 Å². The molecule has 0 spiro atoms. The third-order valence-electron chi connectivity index (χ3n) is 3.92. The first kappa shape index (κ1) is 17.7. The van der Waals surface area contributed by atoms with Crippen molar-refractivity contribution in [2.75, 3.05) is 17.3 Å². The molecule has 0 bridgehead atoms. The molecule has 3 aromatic rings. The Hall–Kier alpha value is -3.13. The summed E-state index contributed by atoms with van der Waals surface area (Å²) in [4.78, 5) is 35.4. The fraction of sp³-hybridized carbons (Fsp3) is 0.176. The SMILES string of the molecule is CC(Nc1nccc(N(C)C(=O)O)n1)c1cc2cc(Cl)ccc2[nH]c1=O. The summed E-state index contributed by atoms with van der Waals surface area (Å²) in [6, 6.07) is 8.05. The first-order valence-corrected chi connectivity index (χ1v) is 8.11. The summed E-state index contributed by atoms with van der Waals surface area (Å²) in [5.41, 5.74) is 0.940. The lowest BCUT2D eigenvalue weighted by Gasteiger charge is -2.16. The minimum atomic E-state index is -1.13. The number of aromatic nitrogens is 3. The Bertz CT molecular complexity index is 1040. The van der Waals surface area contributed by atoms with E-state index in [9.17, 15) is 9.59 Å². The van der Waals surface area contributed by atoms with Gasteiger partial charge in [0.2, 0.25) is 5.95 Å². The van der Waals surface area contributed by atoms with Gasteiger partial charge >= 0.3 is 6.09 Å². The maximum absolute atomic E-state index is 12.4. The van der Waals surface area contributed by atoms with E-state index in [1.165, 1.54) is 19.3 Å². The summed E-state index contributed by atoms with van der Waals surface area (Å²) in [7, 11) is 1.38. The van der Waals surface area contributed by atoms with Crippen LogP contribution < -0.4 is 15.8 Å². The predicted octanol–water partition coefficient (Wildman–Crippen LogP) is 3.26. The zero-order valence-corrected chi connectivity index (χ0v) is 14.8. The number of pyridine rings is 1. The molecule has 0 aliphatic carbocycles. The van der Waals surface area contributed by atoms with Crippen molar-refractivity contribution in [1.29, 1.82) is 0 Å². The number of hydrogen-bond donors (Lipinski definition) is 3. The third kappa shape index (κ3) is 3.60. The van der Waals surface area contributed by atoms with Gasteiger partial charge in [-0.15, -0.1) is 0 Å². The van der Waals surface area contributed by atoms with Crippen LogP contribution in [0.1, 0.15) is 18.5 Å². The van der Waals surface area contributed by atoms with E-state index < -0.39 is 12.1 Å². The molecule has 0 aliphatic heterocycles. The fourth-order valence-electron chi connectivity index (χ4n) is 2.49. The van der Waals surface area contributed by atoms with Crippen LogP contribution in [0.15, 0.2) is 41.3 Å². The Balaban J connectivity index is 1.91. The lowest BCUT2D eigenvalue weighted by Crippen LogP contribution is -2.25. The predicted molar refractivity (Wildman–Crippen MR) is 100 cm³/mol. The van der Waals surface area contributed by atoms with Crippen LogP contribution in [-0.2, 0) is 0 Å². The van der Waals surface area contributed by atoms with E-state index in [0.717, 1.165) is 10.3 Å². The molecule has 0 aliphatic rings. The second kappa shape index (κ2) is 7.01. The molecule has 2 heterocycles. The van der Waals surface area contributed by atoms with Crippen LogP contribution in [0.3, 0.4) is 0 Å². The quantitative estimate of drug-likeness (QED) is 0.647. The summed E-state index contributed by atoms with van der Waals surface area (Å²) in [6.45, 7) is 1.79. The van der Waals surface area contributed by atoms with Gasteiger partial charge in [0.05, 0.1) is 6.04 Å². The van der Waals surface area contributed by atoms with Gasteiger partial charge in [0.25, 0.3) is 5.56 Å². The lowest BCUT2D eigenvalue weighted by molar-refractivity contribution is 0.203. The number of carbonyl (C=O) groups is 1. The summed E-state index contributed by atoms with van der Waals surface area (Å²) in [5, 5.41) is 13.4. The van der Waals surface area contributed by atoms with Gasteiger partial charge in [-0.05, 0) is 37.3 Å². The van der Waals surface area contributed by atoms with E-state index in [2.05, 4.69) is 20.3 Å². The molecule has 9 heteroatoms. The van der Waals surface area contributed by atoms with E-state index in [4.69, 9.17) is 16.7 Å². The first-order valence-electron chi connectivity index (χ1n) is 7.74. The van der Waals surface area contributed by atoms with Crippen LogP contribution in [0.2, 0.25) is 5.02 Å². The van der Waals surface area contributed by atoms with Gasteiger partial charge < -0.3 is 15.4 Å². The molecule has 2 aromatic heterocycles. The Morgan fingerprint density at radius 2 is 2.12 bits per heavy atom. The number of halogens is 1. The molecular weight excluding hydrogens is 358 g/mol. The third-order valence-corrected chi connectivity index (χ3v) is 4.15. The summed E-state index contributed by atoms with van der Waals surface area (Å²) in [6.07, 6.45) is 0.312. The summed E-state index contributed by atoms with van der Waals surface area (Å²) < 4.78 is 0. The van der Waals surface area contributed by atoms with Gasteiger partial charge in [-0.2, -0.15) is 4.98 Å². The van der Waals surface area contributed by atoms with E-state index >= 15 is 0 Å². The van der Waals surface area contributed by atoms with E-state index in [1.807, 2.05) is 0 Å². The van der Waals surface area contributed by atoms with Crippen molar-refractivity contribution in [2.24, 2.45) is 0 Å². The molecule has 3 N–H and O–H groups in total. The number of nitrogens with one attached hydrogen (secondary N) is 2. The standard InChI is InChI=1S/C17H16ClN5O3/c1-9(20-16-19-6-5-14(22-16)23(2)17(25)26)12-8-10-7-11(18)3-4-13(10)21-15(12)24/h3-9H,1-2H3,(H,21,24)(H,25,26)(H,19,20,22). The first-order chi connectivity index (χ1) is 12.3. The average Bonchev–Trinajstić information content (AvgIpc) is 2.60. The number of H-pyrrole nitrogens is 1. The zero-order chi connectivity index (χ0) is 18.8. The number of aromatic amines is 1. The van der Waals surface area contributed by atoms with Crippen molar-refractivity contribution in [1.82, 2.24) is 15.0 Å². The van der Waals surface area contributed by atoms with Gasteiger partial charge in [-0.1, -0.05) is 11.6 Å². The molecule has 1 atom stereocenters. The van der Waals surface area contributed by atoms with Crippen LogP contribution in [0.25, 0.3) is 10.9 Å². The van der Waals surface area contributed by atoms with Crippen molar-refractivity contribution >= 4 is 40.4 Å². The highest BCUT2D eigenvalue weighted by Crippen LogP contribution is 2.21. The van der Waals surface area contributed by atoms with Crippen LogP contribution in [-0.4, -0.2) is 33.2 Å². The number of rotatable bonds is 4.